The number of hydrogen-bond acceptors (Lipinski definition) is 5. The molecule has 6 nitrogen and oxygen atoms in total. The quantitative estimate of drug-likeness (QED) is 0.464. The van der Waals surface area contributed by atoms with Crippen LogP contribution in [0.1, 0.15) is 5.56 Å². The van der Waals surface area contributed by atoms with Gasteiger partial charge >= 0.3 is 0 Å². The molecule has 1 aromatic carbocycles. The maximum absolute atomic E-state index is 8.39. The van der Waals surface area contributed by atoms with E-state index in [4.69, 9.17) is 14.7 Å². The van der Waals surface area contributed by atoms with Crippen LogP contribution in [0.5, 0.6) is 11.6 Å². The van der Waals surface area contributed by atoms with Gasteiger partial charge in [-0.15, -0.1) is 0 Å². The lowest BCUT2D eigenvalue weighted by atomic mass is 10.1. The lowest BCUT2D eigenvalue weighted by molar-refractivity contribution is 0.240. The van der Waals surface area contributed by atoms with Crippen LogP contribution in [0.4, 0.5) is 5.69 Å². The van der Waals surface area contributed by atoms with Gasteiger partial charge in [0.05, 0.1) is 25.6 Å². The highest BCUT2D eigenvalue weighted by atomic mass is 16.5. The molecule has 0 aliphatic heterocycles. The lowest BCUT2D eigenvalue weighted by Gasteiger charge is -2.09. The standard InChI is InChI=1S/C15H17N3O3/c1-20-14-5-3-2-4-12(14)8-9-21-15-7-6-13(10-16-15)17-11-18-19/h2-7,10-11,19H,8-9H2,1H3,(H,17,18). The molecule has 0 unspecified atom stereocenters. The molecular weight excluding hydrogens is 270 g/mol. The number of nitrogens with zero attached hydrogens (tertiary/aromatic N) is 2. The Balaban J connectivity index is 1.87. The van der Waals surface area contributed by atoms with E-state index in [-0.39, 0.29) is 0 Å². The van der Waals surface area contributed by atoms with E-state index in [1.807, 2.05) is 29.7 Å². The van der Waals surface area contributed by atoms with Crippen LogP contribution < -0.4 is 15.0 Å². The molecule has 1 heterocycles. The van der Waals surface area contributed by atoms with Crippen molar-refractivity contribution in [2.45, 2.75) is 6.42 Å². The van der Waals surface area contributed by atoms with Gasteiger partial charge in [-0.25, -0.2) is 9.98 Å². The van der Waals surface area contributed by atoms with E-state index >= 15 is 0 Å². The second-order valence-electron chi connectivity index (χ2n) is 4.15. The maximum Gasteiger partial charge on any atom is 0.213 e. The van der Waals surface area contributed by atoms with Crippen molar-refractivity contribution in [2.75, 3.05) is 13.7 Å². The first-order valence-electron chi connectivity index (χ1n) is 6.46. The number of benzene rings is 1. The van der Waals surface area contributed by atoms with E-state index in [1.54, 1.807) is 25.4 Å². The molecule has 2 rings (SSSR count). The van der Waals surface area contributed by atoms with E-state index in [0.717, 1.165) is 17.7 Å². The highest BCUT2D eigenvalue weighted by Crippen LogP contribution is 2.18. The molecule has 0 radical (unpaired) electrons. The van der Waals surface area contributed by atoms with Crippen LogP contribution in [0.25, 0.3) is 0 Å². The van der Waals surface area contributed by atoms with E-state index < -0.39 is 0 Å². The number of nitrogens with one attached hydrogen (secondary N) is 1. The molecule has 0 saturated carbocycles. The molecule has 0 fully saturated rings. The Morgan fingerprint density at radius 1 is 1.29 bits per heavy atom. The summed E-state index contributed by atoms with van der Waals surface area (Å²) in [6.45, 7) is 0.508. The number of hydroxylamine groups is 1. The van der Waals surface area contributed by atoms with Crippen molar-refractivity contribution in [3.05, 3.63) is 48.2 Å². The minimum Gasteiger partial charge on any atom is -0.496 e. The number of para-hydroxylation sites is 1. The lowest BCUT2D eigenvalue weighted by Crippen LogP contribution is -2.04. The zero-order valence-corrected chi connectivity index (χ0v) is 11.7. The average molecular weight is 287 g/mol. The van der Waals surface area contributed by atoms with Crippen LogP contribution >= 0.6 is 0 Å². The number of hydrogen-bond donors (Lipinski definition) is 2. The Hall–Kier alpha value is -2.60. The minimum absolute atomic E-state index is 0.508. The van der Waals surface area contributed by atoms with Gasteiger partial charge in [0.15, 0.2) is 0 Å². The van der Waals surface area contributed by atoms with Gasteiger partial charge in [0, 0.05) is 12.5 Å². The molecule has 0 aliphatic carbocycles. The number of methoxy groups -OCH3 is 1. The molecule has 0 aliphatic rings. The first-order valence-corrected chi connectivity index (χ1v) is 6.46. The average Bonchev–Trinajstić information content (AvgIpc) is 2.54. The summed E-state index contributed by atoms with van der Waals surface area (Å²) in [4.78, 5) is 8.02. The van der Waals surface area contributed by atoms with Gasteiger partial charge in [-0.05, 0) is 17.7 Å². The summed E-state index contributed by atoms with van der Waals surface area (Å²) in [7, 11) is 1.65. The van der Waals surface area contributed by atoms with Crippen molar-refractivity contribution in [1.82, 2.24) is 10.5 Å². The third-order valence-corrected chi connectivity index (χ3v) is 2.81. The highest BCUT2D eigenvalue weighted by molar-refractivity contribution is 5.59. The van der Waals surface area contributed by atoms with Gasteiger partial charge in [-0.3, -0.25) is 10.7 Å². The molecule has 0 bridgehead atoms. The third kappa shape index (κ3) is 4.47. The smallest absolute Gasteiger partial charge is 0.213 e. The first-order chi connectivity index (χ1) is 10.3. The Morgan fingerprint density at radius 3 is 2.86 bits per heavy atom. The molecule has 21 heavy (non-hydrogen) atoms. The van der Waals surface area contributed by atoms with Gasteiger partial charge in [0.2, 0.25) is 5.88 Å². The predicted molar refractivity (Wildman–Crippen MR) is 79.5 cm³/mol. The number of pyridine rings is 1. The summed E-state index contributed by atoms with van der Waals surface area (Å²) in [6.07, 6.45) is 3.46. The fraction of sp³-hybridized carbons (Fsp3) is 0.200. The second-order valence-corrected chi connectivity index (χ2v) is 4.15. The maximum atomic E-state index is 8.39. The monoisotopic (exact) mass is 287 g/mol. The van der Waals surface area contributed by atoms with Gasteiger partial charge in [-0.1, -0.05) is 18.2 Å². The minimum atomic E-state index is 0.508. The summed E-state index contributed by atoms with van der Waals surface area (Å²) in [5.74, 6) is 1.39. The van der Waals surface area contributed by atoms with Gasteiger partial charge in [0.25, 0.3) is 0 Å². The number of aromatic nitrogens is 1. The van der Waals surface area contributed by atoms with Crippen LogP contribution in [0.2, 0.25) is 0 Å². The Kier molecular flexibility index (Phi) is 5.54. The highest BCUT2D eigenvalue weighted by Gasteiger charge is 2.02. The molecule has 2 aromatic rings. The van der Waals surface area contributed by atoms with Crippen LogP contribution in [0, 0.1) is 0 Å². The van der Waals surface area contributed by atoms with Crippen molar-refractivity contribution in [3.63, 3.8) is 0 Å². The molecule has 2 N–H and O–H groups in total. The second kappa shape index (κ2) is 7.86. The third-order valence-electron chi connectivity index (χ3n) is 2.81. The Labute approximate surface area is 123 Å². The van der Waals surface area contributed by atoms with E-state index in [0.29, 0.717) is 18.2 Å². The zero-order chi connectivity index (χ0) is 14.9. The Bertz CT molecular complexity index is 585. The molecule has 110 valence electrons. The molecule has 0 atom stereocenters. The summed E-state index contributed by atoms with van der Waals surface area (Å²) < 4.78 is 10.9. The molecule has 0 amide bonds. The SMILES string of the molecule is COc1ccccc1CCOc1ccc(N=CNO)cn1. The number of ether oxygens (including phenoxy) is 2. The molecule has 6 heteroatoms. The van der Waals surface area contributed by atoms with Gasteiger partial charge in [-0.2, -0.15) is 0 Å². The fourth-order valence-corrected chi connectivity index (χ4v) is 1.81. The van der Waals surface area contributed by atoms with Crippen molar-refractivity contribution >= 4 is 12.0 Å². The van der Waals surface area contributed by atoms with Crippen LogP contribution in [0.15, 0.2) is 47.6 Å². The van der Waals surface area contributed by atoms with E-state index in [1.165, 1.54) is 6.34 Å². The van der Waals surface area contributed by atoms with Crippen molar-refractivity contribution < 1.29 is 14.7 Å². The van der Waals surface area contributed by atoms with Crippen molar-refractivity contribution in [3.8, 4) is 11.6 Å². The topological polar surface area (TPSA) is 76.0 Å². The molecule has 1 aromatic heterocycles. The molecule has 0 spiro atoms. The fourth-order valence-electron chi connectivity index (χ4n) is 1.81. The summed E-state index contributed by atoms with van der Waals surface area (Å²) >= 11 is 0. The van der Waals surface area contributed by atoms with Crippen LogP contribution in [0.3, 0.4) is 0 Å². The summed E-state index contributed by atoms with van der Waals surface area (Å²) in [6, 6.07) is 11.3. The first kappa shape index (κ1) is 14.8. The number of aliphatic imine (C=N–C) groups is 1. The normalized spacial score (nSPS) is 10.6. The van der Waals surface area contributed by atoms with Gasteiger partial charge < -0.3 is 9.47 Å². The predicted octanol–water partition coefficient (Wildman–Crippen LogP) is 2.35. The Morgan fingerprint density at radius 2 is 2.14 bits per heavy atom. The zero-order valence-electron chi connectivity index (χ0n) is 11.7. The number of rotatable bonds is 7. The van der Waals surface area contributed by atoms with E-state index in [9.17, 15) is 0 Å². The van der Waals surface area contributed by atoms with Gasteiger partial charge in [0.1, 0.15) is 12.1 Å². The molecular formula is C15H17N3O3. The van der Waals surface area contributed by atoms with Crippen LogP contribution in [-0.4, -0.2) is 30.2 Å². The van der Waals surface area contributed by atoms with Crippen molar-refractivity contribution in [1.29, 1.82) is 0 Å². The van der Waals surface area contributed by atoms with Crippen molar-refractivity contribution in [2.24, 2.45) is 4.99 Å². The van der Waals surface area contributed by atoms with Crippen LogP contribution in [-0.2, 0) is 6.42 Å². The largest absolute Gasteiger partial charge is 0.496 e. The summed E-state index contributed by atoms with van der Waals surface area (Å²) in [5.41, 5.74) is 3.54. The summed E-state index contributed by atoms with van der Waals surface area (Å²) in [5, 5.41) is 8.39. The molecule has 0 saturated heterocycles. The van der Waals surface area contributed by atoms with E-state index in [2.05, 4.69) is 9.98 Å².